The highest BCUT2D eigenvalue weighted by molar-refractivity contribution is 5.80. The first-order chi connectivity index (χ1) is 9.33. The summed E-state index contributed by atoms with van der Waals surface area (Å²) in [6.07, 6.45) is 2.13. The van der Waals surface area contributed by atoms with Crippen molar-refractivity contribution < 1.29 is 9.53 Å². The maximum Gasteiger partial charge on any atom is 0.315 e. The number of fused-ring (bicyclic) bond motifs is 2. The number of carbonyl (C=O) groups excluding carboxylic acids is 1. The summed E-state index contributed by atoms with van der Waals surface area (Å²) in [6.45, 7) is 0. The zero-order chi connectivity index (χ0) is 13.1. The number of H-pyrrole nitrogens is 1. The van der Waals surface area contributed by atoms with Crippen LogP contribution in [0.5, 0.6) is 5.75 Å². The highest BCUT2D eigenvalue weighted by Gasteiger charge is 2.18. The smallest absolute Gasteiger partial charge is 0.315 e. The Bertz CT molecular complexity index is 662. The van der Waals surface area contributed by atoms with Gasteiger partial charge in [-0.15, -0.1) is 0 Å². The van der Waals surface area contributed by atoms with Crippen LogP contribution in [0.2, 0.25) is 0 Å². The maximum atomic E-state index is 10.7. The molecule has 19 heavy (non-hydrogen) atoms. The fraction of sp³-hybridized carbons (Fsp3) is 0.0667. The van der Waals surface area contributed by atoms with Crippen LogP contribution in [0.15, 0.2) is 54.9 Å². The third-order valence-corrected chi connectivity index (χ3v) is 2.86. The monoisotopic (exact) mass is 252 g/mol. The van der Waals surface area contributed by atoms with Crippen LogP contribution in [0, 0.1) is 0 Å². The molecule has 0 saturated carbocycles. The van der Waals surface area contributed by atoms with Gasteiger partial charge in [0.2, 0.25) is 0 Å². The number of aromatic nitrogens is 2. The second-order valence-corrected chi connectivity index (χ2v) is 4.18. The Balaban J connectivity index is 0.000000117. The first-order valence-corrected chi connectivity index (χ1v) is 5.99. The van der Waals surface area contributed by atoms with Gasteiger partial charge in [0.25, 0.3) is 0 Å². The lowest BCUT2D eigenvalue weighted by molar-refractivity contribution is -0.131. The van der Waals surface area contributed by atoms with Crippen molar-refractivity contribution in [2.45, 2.75) is 6.42 Å². The molecule has 1 N–H and O–H groups in total. The van der Waals surface area contributed by atoms with Gasteiger partial charge in [-0.05, 0) is 18.2 Å². The predicted molar refractivity (Wildman–Crippen MR) is 71.9 cm³/mol. The molecule has 1 aromatic heterocycles. The van der Waals surface area contributed by atoms with E-state index in [4.69, 9.17) is 4.74 Å². The standard InChI is InChI=1S/C8H6O2.C7H6N2/c9-8-5-6-3-1-2-4-7(6)10-8;1-2-4-7-6(3-1)8-5-9-7/h1-4H,5H2;1-5H,(H,8,9). The van der Waals surface area contributed by atoms with Gasteiger partial charge in [0, 0.05) is 5.56 Å². The SMILES string of the molecule is O=C1Cc2ccccc2O1.c1ccc2[nH]cnc2c1. The van der Waals surface area contributed by atoms with Gasteiger partial charge >= 0.3 is 5.97 Å². The van der Waals surface area contributed by atoms with Crippen LogP contribution in [0.1, 0.15) is 5.56 Å². The molecule has 1 aliphatic heterocycles. The first kappa shape index (κ1) is 11.5. The number of rotatable bonds is 0. The number of ether oxygens (including phenoxy) is 1. The molecule has 1 aliphatic rings. The van der Waals surface area contributed by atoms with E-state index in [2.05, 4.69) is 9.97 Å². The molecule has 3 aromatic rings. The number of nitrogens with one attached hydrogen (secondary N) is 1. The molecule has 4 rings (SSSR count). The molecule has 0 unspecified atom stereocenters. The minimum atomic E-state index is -0.152. The molecule has 2 aromatic carbocycles. The Morgan fingerprint density at radius 1 is 1.05 bits per heavy atom. The van der Waals surface area contributed by atoms with Gasteiger partial charge in [-0.1, -0.05) is 30.3 Å². The molecule has 0 aliphatic carbocycles. The van der Waals surface area contributed by atoms with Crippen LogP contribution in [0.25, 0.3) is 11.0 Å². The van der Waals surface area contributed by atoms with Gasteiger partial charge in [0.05, 0.1) is 23.8 Å². The Morgan fingerprint density at radius 3 is 2.68 bits per heavy atom. The lowest BCUT2D eigenvalue weighted by atomic mass is 10.2. The number of benzene rings is 2. The quantitative estimate of drug-likeness (QED) is 0.494. The minimum Gasteiger partial charge on any atom is -0.426 e. The van der Waals surface area contributed by atoms with Crippen LogP contribution in [-0.2, 0) is 11.2 Å². The number of para-hydroxylation sites is 3. The summed E-state index contributed by atoms with van der Waals surface area (Å²) in [5, 5.41) is 0. The fourth-order valence-corrected chi connectivity index (χ4v) is 1.94. The molecule has 0 fully saturated rings. The summed E-state index contributed by atoms with van der Waals surface area (Å²) in [6, 6.07) is 15.4. The highest BCUT2D eigenvalue weighted by atomic mass is 16.5. The van der Waals surface area contributed by atoms with Crippen molar-refractivity contribution in [3.8, 4) is 5.75 Å². The van der Waals surface area contributed by atoms with E-state index in [0.717, 1.165) is 16.6 Å². The molecule has 2 heterocycles. The number of esters is 1. The van der Waals surface area contributed by atoms with Crippen LogP contribution >= 0.6 is 0 Å². The summed E-state index contributed by atoms with van der Waals surface area (Å²) in [7, 11) is 0. The summed E-state index contributed by atoms with van der Waals surface area (Å²) in [4.78, 5) is 17.7. The van der Waals surface area contributed by atoms with E-state index in [9.17, 15) is 4.79 Å². The number of imidazole rings is 1. The average molecular weight is 252 g/mol. The number of nitrogens with zero attached hydrogens (tertiary/aromatic N) is 1. The van der Waals surface area contributed by atoms with Crippen molar-refractivity contribution in [1.82, 2.24) is 9.97 Å². The minimum absolute atomic E-state index is 0.152. The van der Waals surface area contributed by atoms with Crippen LogP contribution in [-0.4, -0.2) is 15.9 Å². The summed E-state index contributed by atoms with van der Waals surface area (Å²) >= 11 is 0. The van der Waals surface area contributed by atoms with E-state index in [1.807, 2.05) is 42.5 Å². The van der Waals surface area contributed by atoms with Gasteiger partial charge in [-0.2, -0.15) is 0 Å². The van der Waals surface area contributed by atoms with Gasteiger partial charge in [0.15, 0.2) is 0 Å². The highest BCUT2D eigenvalue weighted by Crippen LogP contribution is 2.24. The molecule has 0 spiro atoms. The number of carbonyl (C=O) groups is 1. The molecule has 0 radical (unpaired) electrons. The van der Waals surface area contributed by atoms with E-state index >= 15 is 0 Å². The van der Waals surface area contributed by atoms with E-state index < -0.39 is 0 Å². The van der Waals surface area contributed by atoms with Crippen LogP contribution in [0.4, 0.5) is 0 Å². The topological polar surface area (TPSA) is 55.0 Å². The van der Waals surface area contributed by atoms with Crippen molar-refractivity contribution >= 4 is 17.0 Å². The predicted octanol–water partition coefficient (Wildman–Crippen LogP) is 2.71. The molecule has 0 saturated heterocycles. The van der Waals surface area contributed by atoms with E-state index in [0.29, 0.717) is 12.2 Å². The molecule has 4 nitrogen and oxygen atoms in total. The maximum absolute atomic E-state index is 10.7. The normalized spacial score (nSPS) is 12.5. The Labute approximate surface area is 110 Å². The van der Waals surface area contributed by atoms with Gasteiger partial charge in [-0.25, -0.2) is 4.98 Å². The number of hydrogen-bond donors (Lipinski definition) is 1. The molecule has 0 amide bonds. The summed E-state index contributed by atoms with van der Waals surface area (Å²) in [5.74, 6) is 0.564. The fourth-order valence-electron chi connectivity index (χ4n) is 1.94. The number of hydrogen-bond acceptors (Lipinski definition) is 3. The lowest BCUT2D eigenvalue weighted by Crippen LogP contribution is -1.99. The van der Waals surface area contributed by atoms with E-state index in [-0.39, 0.29) is 5.97 Å². The van der Waals surface area contributed by atoms with Crippen LogP contribution < -0.4 is 4.74 Å². The second kappa shape index (κ2) is 4.94. The Hall–Kier alpha value is -2.62. The first-order valence-electron chi connectivity index (χ1n) is 5.99. The summed E-state index contributed by atoms with van der Waals surface area (Å²) < 4.78 is 4.87. The van der Waals surface area contributed by atoms with Crippen molar-refractivity contribution in [1.29, 1.82) is 0 Å². The molecule has 94 valence electrons. The second-order valence-electron chi connectivity index (χ2n) is 4.18. The van der Waals surface area contributed by atoms with E-state index in [1.165, 1.54) is 0 Å². The van der Waals surface area contributed by atoms with Gasteiger partial charge in [0.1, 0.15) is 5.75 Å². The lowest BCUT2D eigenvalue weighted by Gasteiger charge is -1.91. The third kappa shape index (κ3) is 2.47. The average Bonchev–Trinajstić information content (AvgIpc) is 3.03. The largest absolute Gasteiger partial charge is 0.426 e. The Kier molecular flexibility index (Phi) is 2.98. The molecule has 0 bridgehead atoms. The van der Waals surface area contributed by atoms with Crippen molar-refractivity contribution in [3.05, 3.63) is 60.4 Å². The number of aromatic amines is 1. The van der Waals surface area contributed by atoms with Gasteiger partial charge in [-0.3, -0.25) is 4.79 Å². The van der Waals surface area contributed by atoms with Gasteiger partial charge < -0.3 is 9.72 Å². The Morgan fingerprint density at radius 2 is 1.84 bits per heavy atom. The molecule has 4 heteroatoms. The third-order valence-electron chi connectivity index (χ3n) is 2.86. The molecular weight excluding hydrogens is 240 g/mol. The molecule has 0 atom stereocenters. The van der Waals surface area contributed by atoms with Crippen molar-refractivity contribution in [2.75, 3.05) is 0 Å². The van der Waals surface area contributed by atoms with E-state index in [1.54, 1.807) is 12.4 Å². The zero-order valence-electron chi connectivity index (χ0n) is 10.2. The summed E-state index contributed by atoms with van der Waals surface area (Å²) in [5.41, 5.74) is 3.11. The van der Waals surface area contributed by atoms with Crippen molar-refractivity contribution in [2.24, 2.45) is 0 Å². The van der Waals surface area contributed by atoms with Crippen LogP contribution in [0.3, 0.4) is 0 Å². The molecular formula is C15H12N2O2. The zero-order valence-corrected chi connectivity index (χ0v) is 10.2. The van der Waals surface area contributed by atoms with Crippen molar-refractivity contribution in [3.63, 3.8) is 0 Å².